The van der Waals surface area contributed by atoms with E-state index in [9.17, 15) is 13.6 Å². The van der Waals surface area contributed by atoms with Gasteiger partial charge in [-0.05, 0) is 37.8 Å². The summed E-state index contributed by atoms with van der Waals surface area (Å²) in [5, 5.41) is 0. The predicted molar refractivity (Wildman–Crippen MR) is 64.2 cm³/mol. The Hall–Kier alpha value is -1.29. The van der Waals surface area contributed by atoms with E-state index < -0.39 is 23.0 Å². The van der Waals surface area contributed by atoms with Gasteiger partial charge in [0.25, 0.3) is 0 Å². The molecule has 1 aliphatic heterocycles. The Bertz CT molecular complexity index is 416. The van der Waals surface area contributed by atoms with Crippen LogP contribution in [0.2, 0.25) is 0 Å². The number of carbonyl (C=O) groups excluding carboxylic acids is 1. The molecule has 1 aliphatic carbocycles. The lowest BCUT2D eigenvalue weighted by atomic mass is 9.89. The molecule has 1 saturated heterocycles. The lowest BCUT2D eigenvalue weighted by Gasteiger charge is -2.21. The Morgan fingerprint density at radius 2 is 1.94 bits per heavy atom. The maximum Gasteiger partial charge on any atom is 0.172 e. The summed E-state index contributed by atoms with van der Waals surface area (Å²) in [5.74, 6) is -2.25. The molecule has 0 unspecified atom stereocenters. The standard InChI is InChI=1S/C14H16F2O2/c15-11-4-2-1-3-5-12(16)13(11)14(17)10-6-8-18-9-7-10/h2,4-5,10H,1,3,6-9H2. The van der Waals surface area contributed by atoms with E-state index in [1.807, 2.05) is 0 Å². The third-order valence-electron chi connectivity index (χ3n) is 3.24. The Morgan fingerprint density at radius 1 is 1.22 bits per heavy atom. The number of ketones is 1. The summed E-state index contributed by atoms with van der Waals surface area (Å²) in [6.07, 6.45) is 6.24. The van der Waals surface area contributed by atoms with Crippen LogP contribution in [0, 0.1) is 5.92 Å². The molecule has 0 aromatic rings. The molecule has 0 aromatic heterocycles. The Balaban J connectivity index is 2.26. The van der Waals surface area contributed by atoms with Crippen molar-refractivity contribution in [3.8, 4) is 0 Å². The summed E-state index contributed by atoms with van der Waals surface area (Å²) in [5.41, 5.74) is -0.391. The number of allylic oxidation sites excluding steroid dienone is 6. The van der Waals surface area contributed by atoms with E-state index in [4.69, 9.17) is 4.74 Å². The molecular formula is C14H16F2O2. The van der Waals surface area contributed by atoms with Crippen molar-refractivity contribution in [2.45, 2.75) is 25.7 Å². The van der Waals surface area contributed by atoms with Crippen LogP contribution in [0.4, 0.5) is 8.78 Å². The van der Waals surface area contributed by atoms with Crippen LogP contribution in [0.5, 0.6) is 0 Å². The molecule has 0 saturated carbocycles. The minimum absolute atomic E-state index is 0.327. The molecule has 98 valence electrons. The molecule has 0 spiro atoms. The number of Topliss-reactive ketones (excluding diaryl/α,β-unsaturated/α-hetero) is 1. The van der Waals surface area contributed by atoms with Crippen molar-refractivity contribution in [1.82, 2.24) is 0 Å². The lowest BCUT2D eigenvalue weighted by Crippen LogP contribution is -2.25. The largest absolute Gasteiger partial charge is 0.381 e. The average Bonchev–Trinajstić information content (AvgIpc) is 2.37. The Morgan fingerprint density at radius 3 is 2.67 bits per heavy atom. The van der Waals surface area contributed by atoms with Gasteiger partial charge in [-0.1, -0.05) is 6.08 Å². The first-order valence-electron chi connectivity index (χ1n) is 6.24. The number of carbonyl (C=O) groups is 1. The van der Waals surface area contributed by atoms with Gasteiger partial charge in [-0.2, -0.15) is 0 Å². The van der Waals surface area contributed by atoms with E-state index in [-0.39, 0.29) is 5.92 Å². The first-order chi connectivity index (χ1) is 8.70. The van der Waals surface area contributed by atoms with E-state index in [0.717, 1.165) is 0 Å². The Kier molecular flexibility index (Phi) is 4.42. The summed E-state index contributed by atoms with van der Waals surface area (Å²) >= 11 is 0. The molecule has 0 radical (unpaired) electrons. The van der Waals surface area contributed by atoms with Gasteiger partial charge >= 0.3 is 0 Å². The molecule has 0 amide bonds. The minimum Gasteiger partial charge on any atom is -0.381 e. The van der Waals surface area contributed by atoms with Crippen molar-refractivity contribution in [2.24, 2.45) is 5.92 Å². The molecule has 2 aliphatic rings. The van der Waals surface area contributed by atoms with Gasteiger partial charge in [0.05, 0.1) is 5.57 Å². The van der Waals surface area contributed by atoms with Crippen LogP contribution in [-0.2, 0) is 9.53 Å². The van der Waals surface area contributed by atoms with Crippen LogP contribution >= 0.6 is 0 Å². The van der Waals surface area contributed by atoms with Crippen molar-refractivity contribution < 1.29 is 18.3 Å². The molecule has 1 fully saturated rings. The van der Waals surface area contributed by atoms with E-state index in [1.54, 1.807) is 6.08 Å². The van der Waals surface area contributed by atoms with Crippen molar-refractivity contribution >= 4 is 5.78 Å². The fourth-order valence-corrected chi connectivity index (χ4v) is 2.19. The zero-order valence-corrected chi connectivity index (χ0v) is 10.1. The van der Waals surface area contributed by atoms with Crippen LogP contribution in [0.25, 0.3) is 0 Å². The van der Waals surface area contributed by atoms with Crippen LogP contribution < -0.4 is 0 Å². The van der Waals surface area contributed by atoms with Crippen LogP contribution in [0.1, 0.15) is 25.7 Å². The second-order valence-corrected chi connectivity index (χ2v) is 4.51. The van der Waals surface area contributed by atoms with E-state index >= 15 is 0 Å². The normalized spacial score (nSPS) is 22.4. The highest BCUT2D eigenvalue weighted by atomic mass is 19.1. The summed E-state index contributed by atoms with van der Waals surface area (Å²) in [6, 6.07) is 0. The second-order valence-electron chi connectivity index (χ2n) is 4.51. The number of rotatable bonds is 2. The molecule has 2 rings (SSSR count). The first-order valence-corrected chi connectivity index (χ1v) is 6.24. The van der Waals surface area contributed by atoms with Gasteiger partial charge in [0.15, 0.2) is 5.78 Å². The lowest BCUT2D eigenvalue weighted by molar-refractivity contribution is -0.121. The summed E-state index contributed by atoms with van der Waals surface area (Å²) in [6.45, 7) is 0.957. The second kappa shape index (κ2) is 6.05. The first kappa shape index (κ1) is 13.1. The van der Waals surface area contributed by atoms with Crippen molar-refractivity contribution in [1.29, 1.82) is 0 Å². The zero-order valence-electron chi connectivity index (χ0n) is 10.1. The molecule has 4 heteroatoms. The third kappa shape index (κ3) is 2.93. The minimum atomic E-state index is -0.764. The van der Waals surface area contributed by atoms with E-state index in [1.165, 1.54) is 12.2 Å². The van der Waals surface area contributed by atoms with Gasteiger partial charge in [-0.3, -0.25) is 4.79 Å². The average molecular weight is 254 g/mol. The fourth-order valence-electron chi connectivity index (χ4n) is 2.19. The summed E-state index contributed by atoms with van der Waals surface area (Å²) < 4.78 is 32.8. The highest BCUT2D eigenvalue weighted by Gasteiger charge is 2.29. The maximum atomic E-state index is 13.8. The van der Waals surface area contributed by atoms with Gasteiger partial charge < -0.3 is 4.74 Å². The monoisotopic (exact) mass is 254 g/mol. The third-order valence-corrected chi connectivity index (χ3v) is 3.24. The molecule has 0 atom stereocenters. The molecule has 0 aromatic carbocycles. The van der Waals surface area contributed by atoms with Gasteiger partial charge in [0.1, 0.15) is 11.7 Å². The fraction of sp³-hybridized carbons (Fsp3) is 0.500. The Labute approximate surface area is 105 Å². The molecule has 2 nitrogen and oxygen atoms in total. The zero-order chi connectivity index (χ0) is 13.0. The van der Waals surface area contributed by atoms with Crippen LogP contribution in [0.15, 0.2) is 35.5 Å². The van der Waals surface area contributed by atoms with Gasteiger partial charge in [0, 0.05) is 19.1 Å². The number of halogens is 2. The predicted octanol–water partition coefficient (Wildman–Crippen LogP) is 3.41. The molecule has 1 heterocycles. The van der Waals surface area contributed by atoms with E-state index in [2.05, 4.69) is 0 Å². The number of ether oxygens (including phenoxy) is 1. The summed E-state index contributed by atoms with van der Waals surface area (Å²) in [7, 11) is 0. The molecule has 18 heavy (non-hydrogen) atoms. The van der Waals surface area contributed by atoms with Crippen molar-refractivity contribution in [3.63, 3.8) is 0 Å². The SMILES string of the molecule is O=C(C1=C(F)C=CCCC=C1F)C1CCOCC1. The van der Waals surface area contributed by atoms with Crippen molar-refractivity contribution in [3.05, 3.63) is 35.5 Å². The maximum absolute atomic E-state index is 13.8. The highest BCUT2D eigenvalue weighted by Crippen LogP contribution is 2.28. The quantitative estimate of drug-likeness (QED) is 0.754. The van der Waals surface area contributed by atoms with E-state index in [0.29, 0.717) is 38.9 Å². The van der Waals surface area contributed by atoms with Gasteiger partial charge in [-0.25, -0.2) is 8.78 Å². The smallest absolute Gasteiger partial charge is 0.172 e. The van der Waals surface area contributed by atoms with Crippen molar-refractivity contribution in [2.75, 3.05) is 13.2 Å². The summed E-state index contributed by atoms with van der Waals surface area (Å²) in [4.78, 5) is 12.2. The highest BCUT2D eigenvalue weighted by molar-refractivity contribution is 6.01. The topological polar surface area (TPSA) is 26.3 Å². The van der Waals surface area contributed by atoms with Gasteiger partial charge in [0.2, 0.25) is 0 Å². The van der Waals surface area contributed by atoms with Gasteiger partial charge in [-0.15, -0.1) is 0 Å². The number of hydrogen-bond acceptors (Lipinski definition) is 2. The molecule has 0 N–H and O–H groups in total. The van der Waals surface area contributed by atoms with Crippen LogP contribution in [-0.4, -0.2) is 19.0 Å². The number of hydrogen-bond donors (Lipinski definition) is 0. The van der Waals surface area contributed by atoms with Crippen LogP contribution in [0.3, 0.4) is 0 Å². The molecule has 0 bridgehead atoms. The molecular weight excluding hydrogens is 238 g/mol.